The molecule has 0 saturated heterocycles. The van der Waals surface area contributed by atoms with Gasteiger partial charge in [-0.15, -0.1) is 0 Å². The number of anilines is 1. The van der Waals surface area contributed by atoms with E-state index in [9.17, 15) is 30.8 Å². The van der Waals surface area contributed by atoms with Crippen LogP contribution in [0.15, 0.2) is 59.6 Å². The Bertz CT molecular complexity index is 1450. The van der Waals surface area contributed by atoms with Crippen LogP contribution in [0.3, 0.4) is 0 Å². The van der Waals surface area contributed by atoms with Crippen LogP contribution in [0.4, 0.5) is 23.2 Å². The van der Waals surface area contributed by atoms with Gasteiger partial charge in [0.15, 0.2) is 9.84 Å². The number of aromatic nitrogens is 1. The maximum atomic E-state index is 14.4. The Kier molecular flexibility index (Phi) is 9.04. The first-order valence-electron chi connectivity index (χ1n) is 13.0. The third-order valence-electron chi connectivity index (χ3n) is 7.34. The van der Waals surface area contributed by atoms with Crippen molar-refractivity contribution in [1.29, 1.82) is 0 Å². The average molecular weight is 581 g/mol. The summed E-state index contributed by atoms with van der Waals surface area (Å²) in [5.74, 6) is -3.97. The van der Waals surface area contributed by atoms with E-state index >= 15 is 0 Å². The molecule has 2 unspecified atom stereocenters. The summed E-state index contributed by atoms with van der Waals surface area (Å²) < 4.78 is 87.4. The summed E-state index contributed by atoms with van der Waals surface area (Å²) in [5.41, 5.74) is 2.03. The predicted octanol–water partition coefficient (Wildman–Crippen LogP) is 6.64. The SMILES string of the molecule is Cc1c(C(=O)Nc2ccc(S(C)(=O)=O)c(F)c2)cn(CCOCc2ccccc2)c1C1CCCCC1C(F)(F)F. The van der Waals surface area contributed by atoms with E-state index in [0.29, 0.717) is 37.1 Å². The zero-order chi connectivity index (χ0) is 29.1. The van der Waals surface area contributed by atoms with Gasteiger partial charge in [-0.05, 0) is 49.1 Å². The molecule has 11 heteroatoms. The van der Waals surface area contributed by atoms with Crippen molar-refractivity contribution in [2.24, 2.45) is 5.92 Å². The molecular weight excluding hydrogens is 548 g/mol. The van der Waals surface area contributed by atoms with Gasteiger partial charge in [-0.1, -0.05) is 43.2 Å². The van der Waals surface area contributed by atoms with E-state index in [1.807, 2.05) is 30.3 Å². The topological polar surface area (TPSA) is 77.4 Å². The van der Waals surface area contributed by atoms with Crippen molar-refractivity contribution in [1.82, 2.24) is 4.57 Å². The molecular formula is C29H32F4N2O4S. The highest BCUT2D eigenvalue weighted by Crippen LogP contribution is 2.47. The van der Waals surface area contributed by atoms with Crippen molar-refractivity contribution >= 4 is 21.4 Å². The van der Waals surface area contributed by atoms with E-state index < -0.39 is 44.5 Å². The number of carbonyl (C=O) groups excluding carboxylic acids is 1. The maximum absolute atomic E-state index is 14.4. The van der Waals surface area contributed by atoms with Gasteiger partial charge in [0.05, 0.1) is 24.7 Å². The zero-order valence-corrected chi connectivity index (χ0v) is 23.1. The summed E-state index contributed by atoms with van der Waals surface area (Å²) in [6.45, 7) is 2.43. The van der Waals surface area contributed by atoms with Crippen molar-refractivity contribution in [3.05, 3.63) is 82.9 Å². The third kappa shape index (κ3) is 6.93. The minimum absolute atomic E-state index is 0.0246. The quantitative estimate of drug-likeness (QED) is 0.227. The smallest absolute Gasteiger partial charge is 0.375 e. The monoisotopic (exact) mass is 580 g/mol. The Balaban J connectivity index is 1.61. The number of alkyl halides is 3. The predicted molar refractivity (Wildman–Crippen MR) is 143 cm³/mol. The highest BCUT2D eigenvalue weighted by molar-refractivity contribution is 7.90. The van der Waals surface area contributed by atoms with Gasteiger partial charge in [-0.3, -0.25) is 4.79 Å². The zero-order valence-electron chi connectivity index (χ0n) is 22.3. The number of amides is 1. The number of hydrogen-bond donors (Lipinski definition) is 1. The van der Waals surface area contributed by atoms with Crippen molar-refractivity contribution in [2.45, 2.75) is 62.7 Å². The van der Waals surface area contributed by atoms with E-state index in [1.165, 1.54) is 12.3 Å². The van der Waals surface area contributed by atoms with E-state index in [1.54, 1.807) is 11.5 Å². The lowest BCUT2D eigenvalue weighted by atomic mass is 9.76. The Hall–Kier alpha value is -3.18. The van der Waals surface area contributed by atoms with E-state index in [4.69, 9.17) is 4.74 Å². The number of sulfone groups is 1. The maximum Gasteiger partial charge on any atom is 0.392 e. The average Bonchev–Trinajstić information content (AvgIpc) is 3.22. The summed E-state index contributed by atoms with van der Waals surface area (Å²) >= 11 is 0. The fraction of sp³-hybridized carbons (Fsp3) is 0.414. The number of nitrogens with one attached hydrogen (secondary N) is 1. The number of carbonyl (C=O) groups is 1. The third-order valence-corrected chi connectivity index (χ3v) is 8.47. The van der Waals surface area contributed by atoms with E-state index in [-0.39, 0.29) is 30.8 Å². The number of benzene rings is 2. The molecule has 4 rings (SSSR count). The van der Waals surface area contributed by atoms with Gasteiger partial charge in [0.1, 0.15) is 10.7 Å². The minimum atomic E-state index is -4.38. The molecule has 1 fully saturated rings. The van der Waals surface area contributed by atoms with Crippen molar-refractivity contribution in [3.8, 4) is 0 Å². The Morgan fingerprint density at radius 3 is 2.45 bits per heavy atom. The summed E-state index contributed by atoms with van der Waals surface area (Å²) in [4.78, 5) is 12.8. The molecule has 1 amide bonds. The Morgan fingerprint density at radius 2 is 1.80 bits per heavy atom. The van der Waals surface area contributed by atoms with Crippen LogP contribution in [-0.2, 0) is 27.7 Å². The van der Waals surface area contributed by atoms with Crippen LogP contribution in [0.1, 0.15) is 58.8 Å². The number of hydrogen-bond acceptors (Lipinski definition) is 4. The van der Waals surface area contributed by atoms with Crippen molar-refractivity contribution in [2.75, 3.05) is 18.2 Å². The molecule has 0 spiro atoms. The first kappa shape index (κ1) is 29.8. The molecule has 1 aliphatic rings. The number of halogens is 4. The molecule has 216 valence electrons. The molecule has 1 aliphatic carbocycles. The normalized spacial score (nSPS) is 18.1. The molecule has 2 atom stereocenters. The Labute approximate surface area is 231 Å². The second-order valence-electron chi connectivity index (χ2n) is 10.2. The molecule has 3 aromatic rings. The van der Waals surface area contributed by atoms with Crippen molar-refractivity contribution < 1.29 is 35.5 Å². The molecule has 2 aromatic carbocycles. The fourth-order valence-corrected chi connectivity index (χ4v) is 6.16. The molecule has 0 radical (unpaired) electrons. The molecule has 6 nitrogen and oxygen atoms in total. The van der Waals surface area contributed by atoms with Gasteiger partial charge >= 0.3 is 6.18 Å². The first-order chi connectivity index (χ1) is 18.9. The lowest BCUT2D eigenvalue weighted by molar-refractivity contribution is -0.187. The summed E-state index contributed by atoms with van der Waals surface area (Å²) in [6, 6.07) is 12.7. The first-order valence-corrected chi connectivity index (χ1v) is 14.9. The van der Waals surface area contributed by atoms with Crippen LogP contribution in [0.5, 0.6) is 0 Å². The van der Waals surface area contributed by atoms with Crippen LogP contribution in [0.2, 0.25) is 0 Å². The van der Waals surface area contributed by atoms with E-state index in [0.717, 1.165) is 24.0 Å². The van der Waals surface area contributed by atoms with E-state index in [2.05, 4.69) is 5.32 Å². The fourth-order valence-electron chi connectivity index (χ4n) is 5.44. The highest BCUT2D eigenvalue weighted by Gasteiger charge is 2.47. The molecule has 1 aromatic heterocycles. The van der Waals surface area contributed by atoms with Gasteiger partial charge in [-0.2, -0.15) is 13.2 Å². The standard InChI is InChI=1S/C29H32F4N2O4S/c1-19-23(28(36)34-21-12-13-26(25(30)16-21)40(2,37)38)17-35(14-15-39-18-20-8-4-3-5-9-20)27(19)22-10-6-7-11-24(22)29(31,32)33/h3-5,8-9,12-13,16-17,22,24H,6-7,10-11,14-15,18H2,1-2H3,(H,34,36). The van der Waals surface area contributed by atoms with Gasteiger partial charge in [0.25, 0.3) is 5.91 Å². The molecule has 0 aliphatic heterocycles. The van der Waals surface area contributed by atoms with Crippen LogP contribution in [-0.4, -0.2) is 37.9 Å². The van der Waals surface area contributed by atoms with Crippen LogP contribution < -0.4 is 5.32 Å². The van der Waals surface area contributed by atoms with Crippen molar-refractivity contribution in [3.63, 3.8) is 0 Å². The molecule has 40 heavy (non-hydrogen) atoms. The molecule has 0 bridgehead atoms. The van der Waals surface area contributed by atoms with Crippen LogP contribution in [0.25, 0.3) is 0 Å². The van der Waals surface area contributed by atoms with Gasteiger partial charge in [0.2, 0.25) is 0 Å². The molecule has 1 saturated carbocycles. The summed E-state index contributed by atoms with van der Waals surface area (Å²) in [6.07, 6.45) is -0.466. The number of ether oxygens (including phenoxy) is 1. The summed E-state index contributed by atoms with van der Waals surface area (Å²) in [7, 11) is -3.79. The lowest BCUT2D eigenvalue weighted by Crippen LogP contribution is -2.33. The van der Waals surface area contributed by atoms with Gasteiger partial charge in [-0.25, -0.2) is 12.8 Å². The Morgan fingerprint density at radius 1 is 1.10 bits per heavy atom. The highest BCUT2D eigenvalue weighted by atomic mass is 32.2. The lowest BCUT2D eigenvalue weighted by Gasteiger charge is -2.34. The van der Waals surface area contributed by atoms with Crippen LogP contribution in [0, 0.1) is 18.7 Å². The molecule has 1 N–H and O–H groups in total. The number of rotatable bonds is 9. The van der Waals surface area contributed by atoms with Gasteiger partial charge < -0.3 is 14.6 Å². The second-order valence-corrected chi connectivity index (χ2v) is 12.2. The minimum Gasteiger partial charge on any atom is -0.375 e. The summed E-state index contributed by atoms with van der Waals surface area (Å²) in [5, 5.41) is 2.55. The van der Waals surface area contributed by atoms with Crippen LogP contribution >= 0.6 is 0 Å². The van der Waals surface area contributed by atoms with Gasteiger partial charge in [0, 0.05) is 36.3 Å². The largest absolute Gasteiger partial charge is 0.392 e. The second kappa shape index (κ2) is 12.1. The molecule has 1 heterocycles. The number of nitrogens with zero attached hydrogens (tertiary/aromatic N) is 1.